The SMILES string of the molecule is CNC(Cc1ccc(F)cc1)CC1(OC)CCC1. The van der Waals surface area contributed by atoms with Crippen molar-refractivity contribution < 1.29 is 9.13 Å². The smallest absolute Gasteiger partial charge is 0.123 e. The fourth-order valence-corrected chi connectivity index (χ4v) is 2.69. The van der Waals surface area contributed by atoms with Crippen molar-refractivity contribution in [2.75, 3.05) is 14.2 Å². The average Bonchev–Trinajstić information content (AvgIpc) is 2.35. The topological polar surface area (TPSA) is 21.3 Å². The molecule has 100 valence electrons. The monoisotopic (exact) mass is 251 g/mol. The highest BCUT2D eigenvalue weighted by molar-refractivity contribution is 5.17. The summed E-state index contributed by atoms with van der Waals surface area (Å²) in [5, 5.41) is 3.35. The Kier molecular flexibility index (Phi) is 4.36. The molecule has 3 heteroatoms. The van der Waals surface area contributed by atoms with Crippen LogP contribution in [-0.4, -0.2) is 25.8 Å². The number of rotatable bonds is 6. The molecule has 1 aromatic carbocycles. The summed E-state index contributed by atoms with van der Waals surface area (Å²) < 4.78 is 18.5. The highest BCUT2D eigenvalue weighted by Crippen LogP contribution is 2.39. The van der Waals surface area contributed by atoms with E-state index in [0.717, 1.165) is 25.7 Å². The Labute approximate surface area is 109 Å². The number of nitrogens with one attached hydrogen (secondary N) is 1. The van der Waals surface area contributed by atoms with E-state index >= 15 is 0 Å². The third kappa shape index (κ3) is 3.09. The molecule has 0 radical (unpaired) electrons. The van der Waals surface area contributed by atoms with E-state index in [1.165, 1.54) is 24.1 Å². The molecule has 0 saturated heterocycles. The molecule has 0 spiro atoms. The van der Waals surface area contributed by atoms with Gasteiger partial charge in [-0.2, -0.15) is 0 Å². The number of benzene rings is 1. The lowest BCUT2D eigenvalue weighted by Crippen LogP contribution is -2.45. The van der Waals surface area contributed by atoms with Crippen molar-refractivity contribution in [3.05, 3.63) is 35.6 Å². The molecule has 0 heterocycles. The maximum absolute atomic E-state index is 12.9. The zero-order chi connectivity index (χ0) is 13.0. The van der Waals surface area contributed by atoms with Crippen LogP contribution in [0.3, 0.4) is 0 Å². The van der Waals surface area contributed by atoms with Crippen molar-refractivity contribution in [1.29, 1.82) is 0 Å². The molecule has 18 heavy (non-hydrogen) atoms. The summed E-state index contributed by atoms with van der Waals surface area (Å²) in [6.45, 7) is 0. The van der Waals surface area contributed by atoms with E-state index in [1.807, 2.05) is 26.3 Å². The van der Waals surface area contributed by atoms with Crippen LogP contribution in [0.4, 0.5) is 4.39 Å². The molecule has 0 bridgehead atoms. The Morgan fingerprint density at radius 2 is 2.00 bits per heavy atom. The Hall–Kier alpha value is -0.930. The first kappa shape index (κ1) is 13.5. The lowest BCUT2D eigenvalue weighted by Gasteiger charge is -2.42. The molecule has 2 rings (SSSR count). The first-order valence-electron chi connectivity index (χ1n) is 6.64. The fourth-order valence-electron chi connectivity index (χ4n) is 2.69. The first-order chi connectivity index (χ1) is 8.67. The number of methoxy groups -OCH3 is 1. The lowest BCUT2D eigenvalue weighted by atomic mass is 9.75. The van der Waals surface area contributed by atoms with Crippen LogP contribution in [0.15, 0.2) is 24.3 Å². The van der Waals surface area contributed by atoms with Gasteiger partial charge in [-0.25, -0.2) is 4.39 Å². The standard InChI is InChI=1S/C15H22FNO/c1-17-14(11-15(18-2)8-3-9-15)10-12-4-6-13(16)7-5-12/h4-7,14,17H,3,8-11H2,1-2H3. The third-order valence-electron chi connectivity index (χ3n) is 4.12. The number of hydrogen-bond donors (Lipinski definition) is 1. The van der Waals surface area contributed by atoms with Crippen molar-refractivity contribution in [3.8, 4) is 0 Å². The summed E-state index contributed by atoms with van der Waals surface area (Å²) in [6.07, 6.45) is 5.52. The van der Waals surface area contributed by atoms with Gasteiger partial charge in [0.25, 0.3) is 0 Å². The second kappa shape index (κ2) is 5.81. The number of halogens is 1. The van der Waals surface area contributed by atoms with Gasteiger partial charge in [-0.1, -0.05) is 12.1 Å². The molecule has 0 aromatic heterocycles. The van der Waals surface area contributed by atoms with Crippen molar-refractivity contribution in [2.45, 2.75) is 43.7 Å². The molecule has 1 saturated carbocycles. The largest absolute Gasteiger partial charge is 0.378 e. The van der Waals surface area contributed by atoms with Crippen molar-refractivity contribution in [1.82, 2.24) is 5.32 Å². The average molecular weight is 251 g/mol. The number of ether oxygens (including phenoxy) is 1. The number of hydrogen-bond acceptors (Lipinski definition) is 2. The van der Waals surface area contributed by atoms with E-state index in [2.05, 4.69) is 5.32 Å². The fraction of sp³-hybridized carbons (Fsp3) is 0.600. The molecule has 0 amide bonds. The van der Waals surface area contributed by atoms with Crippen LogP contribution in [0.25, 0.3) is 0 Å². The second-order valence-electron chi connectivity index (χ2n) is 5.26. The van der Waals surface area contributed by atoms with Crippen molar-refractivity contribution >= 4 is 0 Å². The molecule has 1 unspecified atom stereocenters. The summed E-state index contributed by atoms with van der Waals surface area (Å²) in [6, 6.07) is 7.16. The summed E-state index contributed by atoms with van der Waals surface area (Å²) in [5.41, 5.74) is 1.24. The predicted octanol–water partition coefficient (Wildman–Crippen LogP) is 2.92. The van der Waals surface area contributed by atoms with Crippen LogP contribution < -0.4 is 5.32 Å². The normalized spacial score (nSPS) is 19.3. The molecule has 1 atom stereocenters. The molecule has 1 aliphatic carbocycles. The zero-order valence-electron chi connectivity index (χ0n) is 11.2. The predicted molar refractivity (Wildman–Crippen MR) is 71.2 cm³/mol. The zero-order valence-corrected chi connectivity index (χ0v) is 11.2. The molecule has 0 aliphatic heterocycles. The van der Waals surface area contributed by atoms with Gasteiger partial charge in [0.05, 0.1) is 5.60 Å². The summed E-state index contributed by atoms with van der Waals surface area (Å²) in [5.74, 6) is -0.174. The van der Waals surface area contributed by atoms with E-state index in [4.69, 9.17) is 4.74 Å². The highest BCUT2D eigenvalue weighted by atomic mass is 19.1. The first-order valence-corrected chi connectivity index (χ1v) is 6.64. The van der Waals surface area contributed by atoms with E-state index in [-0.39, 0.29) is 11.4 Å². The van der Waals surface area contributed by atoms with E-state index in [0.29, 0.717) is 6.04 Å². The maximum Gasteiger partial charge on any atom is 0.123 e. The van der Waals surface area contributed by atoms with Gasteiger partial charge in [-0.3, -0.25) is 0 Å². The van der Waals surface area contributed by atoms with E-state index in [9.17, 15) is 4.39 Å². The van der Waals surface area contributed by atoms with Crippen molar-refractivity contribution in [2.24, 2.45) is 0 Å². The lowest BCUT2D eigenvalue weighted by molar-refractivity contribution is -0.0830. The molecule has 1 N–H and O–H groups in total. The Bertz CT molecular complexity index is 367. The molecular formula is C15H22FNO. The van der Waals surface area contributed by atoms with Crippen LogP contribution >= 0.6 is 0 Å². The van der Waals surface area contributed by atoms with Gasteiger partial charge in [-0.05, 0) is 56.8 Å². The Balaban J connectivity index is 1.94. The minimum absolute atomic E-state index is 0.0771. The van der Waals surface area contributed by atoms with Crippen LogP contribution in [0.2, 0.25) is 0 Å². The van der Waals surface area contributed by atoms with Gasteiger partial charge in [0.2, 0.25) is 0 Å². The van der Waals surface area contributed by atoms with Crippen LogP contribution in [0.5, 0.6) is 0 Å². The Morgan fingerprint density at radius 1 is 1.33 bits per heavy atom. The van der Waals surface area contributed by atoms with Gasteiger partial charge >= 0.3 is 0 Å². The second-order valence-corrected chi connectivity index (χ2v) is 5.26. The maximum atomic E-state index is 12.9. The van der Waals surface area contributed by atoms with Gasteiger partial charge in [0.1, 0.15) is 5.82 Å². The van der Waals surface area contributed by atoms with Crippen LogP contribution in [-0.2, 0) is 11.2 Å². The number of likely N-dealkylation sites (N-methyl/N-ethyl adjacent to an activating group) is 1. The van der Waals surface area contributed by atoms with Crippen LogP contribution in [0.1, 0.15) is 31.2 Å². The minimum Gasteiger partial charge on any atom is -0.378 e. The molecule has 1 aromatic rings. The van der Waals surface area contributed by atoms with Gasteiger partial charge < -0.3 is 10.1 Å². The molecule has 1 aliphatic rings. The Morgan fingerprint density at radius 3 is 2.44 bits per heavy atom. The minimum atomic E-state index is -0.174. The molecule has 2 nitrogen and oxygen atoms in total. The molecular weight excluding hydrogens is 229 g/mol. The van der Waals surface area contributed by atoms with E-state index < -0.39 is 0 Å². The third-order valence-corrected chi connectivity index (χ3v) is 4.12. The summed E-state index contributed by atoms with van der Waals surface area (Å²) in [7, 11) is 3.79. The van der Waals surface area contributed by atoms with Gasteiger partial charge in [0, 0.05) is 13.2 Å². The van der Waals surface area contributed by atoms with E-state index in [1.54, 1.807) is 0 Å². The van der Waals surface area contributed by atoms with Gasteiger partial charge in [-0.15, -0.1) is 0 Å². The van der Waals surface area contributed by atoms with Crippen molar-refractivity contribution in [3.63, 3.8) is 0 Å². The summed E-state index contributed by atoms with van der Waals surface area (Å²) in [4.78, 5) is 0. The van der Waals surface area contributed by atoms with Crippen LogP contribution in [0, 0.1) is 5.82 Å². The summed E-state index contributed by atoms with van der Waals surface area (Å²) >= 11 is 0. The quantitative estimate of drug-likeness (QED) is 0.839. The molecule has 1 fully saturated rings. The highest BCUT2D eigenvalue weighted by Gasteiger charge is 2.38. The van der Waals surface area contributed by atoms with Gasteiger partial charge in [0.15, 0.2) is 0 Å².